The van der Waals surface area contributed by atoms with Crippen LogP contribution in [0.3, 0.4) is 0 Å². The lowest BCUT2D eigenvalue weighted by molar-refractivity contribution is -0.150. The van der Waals surface area contributed by atoms with Crippen LogP contribution < -0.4 is 0 Å². The predicted octanol–water partition coefficient (Wildman–Crippen LogP) is 17.4. The molecule has 1 amide bonds. The number of ether oxygens (including phenoxy) is 4. The maximum atomic E-state index is 12.9. The lowest BCUT2D eigenvalue weighted by atomic mass is 10.0. The summed E-state index contributed by atoms with van der Waals surface area (Å²) in [4.78, 5) is 39.5. The molecule has 64 heavy (non-hydrogen) atoms. The Morgan fingerprint density at radius 3 is 1.47 bits per heavy atom. The van der Waals surface area contributed by atoms with Gasteiger partial charge in [0.25, 0.3) is 0 Å². The van der Waals surface area contributed by atoms with E-state index >= 15 is 0 Å². The molecular weight excluding hydrogens is 799 g/mol. The molecule has 0 aromatic heterocycles. The second-order valence-corrected chi connectivity index (χ2v) is 17.9. The van der Waals surface area contributed by atoms with Crippen LogP contribution in [0.25, 0.3) is 0 Å². The highest BCUT2D eigenvalue weighted by Crippen LogP contribution is 2.19. The number of nitrogens with zero attached hydrogens (tertiary/aromatic N) is 1. The molecule has 0 saturated carbocycles. The van der Waals surface area contributed by atoms with Crippen molar-refractivity contribution in [3.05, 3.63) is 36.6 Å². The summed E-state index contributed by atoms with van der Waals surface area (Å²) in [6, 6.07) is 0. The van der Waals surface area contributed by atoms with Gasteiger partial charge in [0.15, 0.2) is 0 Å². The van der Waals surface area contributed by atoms with Crippen molar-refractivity contribution in [2.24, 2.45) is 5.92 Å². The minimum absolute atomic E-state index is 0.00178. The fourth-order valence-corrected chi connectivity index (χ4v) is 6.78. The Balaban J connectivity index is -0.00000583. The summed E-state index contributed by atoms with van der Waals surface area (Å²) < 4.78 is 23.1. The van der Waals surface area contributed by atoms with Crippen LogP contribution in [0.2, 0.25) is 0 Å². The molecule has 0 rings (SSSR count). The van der Waals surface area contributed by atoms with Gasteiger partial charge >= 0.3 is 18.0 Å². The zero-order valence-electron chi connectivity index (χ0n) is 43.9. The maximum Gasteiger partial charge on any atom is 0.409 e. The van der Waals surface area contributed by atoms with Crippen molar-refractivity contribution in [3.8, 4) is 0 Å². The second kappa shape index (κ2) is 54.6. The number of allylic oxidation sites excluding steroid dienone is 5. The third kappa shape index (κ3) is 51.9. The summed E-state index contributed by atoms with van der Waals surface area (Å²) in [6.07, 6.45) is 42.9. The number of amides is 1. The predicted molar refractivity (Wildman–Crippen MR) is 275 cm³/mol. The van der Waals surface area contributed by atoms with Gasteiger partial charge in [-0.2, -0.15) is 0 Å². The number of esters is 2. The minimum Gasteiger partial charge on any atom is -0.498 e. The van der Waals surface area contributed by atoms with Gasteiger partial charge in [-0.1, -0.05) is 195 Å². The average molecular weight is 906 g/mol. The molecule has 1 unspecified atom stereocenters. The summed E-state index contributed by atoms with van der Waals surface area (Å²) in [6.45, 7) is 22.3. The van der Waals surface area contributed by atoms with Crippen molar-refractivity contribution in [3.63, 3.8) is 0 Å². The Kier molecular flexibility index (Phi) is 55.8. The van der Waals surface area contributed by atoms with E-state index in [1.807, 2.05) is 6.92 Å². The molecule has 0 aliphatic heterocycles. The second-order valence-electron chi connectivity index (χ2n) is 17.9. The Morgan fingerprint density at radius 1 is 0.484 bits per heavy atom. The molecule has 0 aromatic carbocycles. The Hall–Kier alpha value is -2.77. The standard InChI is InChI=1S/C50H91NO7.2C3H8/c1-7-11-14-17-20-21-22-23-24-25-26-27-28-31-34-39-48(52)56-43-46(44-57-50(54)51(6)41-10-4)42-55-45(5)36-35-40-49(53)58-47(37-32-29-18-15-12-8-2)38-33-30-19-16-13-9-3;2*1-3-2/h20-21,23-24,46-47H,5,7-19,22,25-44H2,1-4,6H3;2*3H2,1-2H3/b21-20-,24-23-;;. The summed E-state index contributed by atoms with van der Waals surface area (Å²) in [5.74, 6) is -0.168. The quantitative estimate of drug-likeness (QED) is 0.0198. The first-order chi connectivity index (χ1) is 31.1. The van der Waals surface area contributed by atoms with Crippen molar-refractivity contribution in [2.75, 3.05) is 33.4 Å². The van der Waals surface area contributed by atoms with Crippen LogP contribution in [0, 0.1) is 5.92 Å². The molecule has 1 atom stereocenters. The number of unbranched alkanes of at least 4 members (excludes halogenated alkanes) is 18. The van der Waals surface area contributed by atoms with E-state index in [0.717, 1.165) is 70.6 Å². The van der Waals surface area contributed by atoms with Crippen LogP contribution in [-0.4, -0.2) is 62.4 Å². The van der Waals surface area contributed by atoms with E-state index in [1.165, 1.54) is 114 Å². The van der Waals surface area contributed by atoms with E-state index in [4.69, 9.17) is 18.9 Å². The first-order valence-corrected chi connectivity index (χ1v) is 26.9. The van der Waals surface area contributed by atoms with Crippen LogP contribution in [0.4, 0.5) is 4.79 Å². The summed E-state index contributed by atoms with van der Waals surface area (Å²) in [7, 11) is 1.71. The molecule has 0 saturated heterocycles. The highest BCUT2D eigenvalue weighted by molar-refractivity contribution is 5.69. The molecular formula is C56H107NO7. The third-order valence-corrected chi connectivity index (χ3v) is 10.5. The lowest BCUT2D eigenvalue weighted by Gasteiger charge is -2.21. The smallest absolute Gasteiger partial charge is 0.409 e. The van der Waals surface area contributed by atoms with Crippen LogP contribution in [0.5, 0.6) is 0 Å². The molecule has 0 radical (unpaired) electrons. The molecule has 0 spiro atoms. The number of carbonyl (C=O) groups is 3. The highest BCUT2D eigenvalue weighted by Gasteiger charge is 2.19. The first-order valence-electron chi connectivity index (χ1n) is 26.9. The monoisotopic (exact) mass is 906 g/mol. The van der Waals surface area contributed by atoms with Crippen molar-refractivity contribution in [2.45, 2.75) is 267 Å². The molecule has 378 valence electrons. The van der Waals surface area contributed by atoms with E-state index in [-0.39, 0.29) is 43.8 Å². The van der Waals surface area contributed by atoms with Crippen molar-refractivity contribution < 1.29 is 33.3 Å². The molecule has 0 aliphatic carbocycles. The molecule has 0 heterocycles. The number of carbonyl (C=O) groups excluding carboxylic acids is 3. The SMILES string of the molecule is C=C(CCCC(=O)OC(CCCCCCCC)CCCCCCCC)OCC(COC(=O)CCCCCCC/C=C\C/C=C\CCCCC)COC(=O)N(C)CCC.CCC.CCC. The summed E-state index contributed by atoms with van der Waals surface area (Å²) in [5.41, 5.74) is 0. The van der Waals surface area contributed by atoms with Crippen LogP contribution in [0.1, 0.15) is 261 Å². The summed E-state index contributed by atoms with van der Waals surface area (Å²) in [5, 5.41) is 0. The van der Waals surface area contributed by atoms with E-state index in [1.54, 1.807) is 7.05 Å². The topological polar surface area (TPSA) is 91.4 Å². The third-order valence-electron chi connectivity index (χ3n) is 10.5. The number of hydrogen-bond donors (Lipinski definition) is 0. The van der Waals surface area contributed by atoms with Crippen molar-refractivity contribution in [1.29, 1.82) is 0 Å². The number of rotatable bonds is 42. The average Bonchev–Trinajstić information content (AvgIpc) is 3.27. The van der Waals surface area contributed by atoms with E-state index in [9.17, 15) is 14.4 Å². The minimum atomic E-state index is -0.410. The number of hydrogen-bond acceptors (Lipinski definition) is 7. The fourth-order valence-electron chi connectivity index (χ4n) is 6.78. The Labute approximate surface area is 397 Å². The molecule has 8 nitrogen and oxygen atoms in total. The van der Waals surface area contributed by atoms with Gasteiger partial charge in [0.05, 0.1) is 18.3 Å². The van der Waals surface area contributed by atoms with E-state index in [0.29, 0.717) is 38.0 Å². The molecule has 0 aromatic rings. The highest BCUT2D eigenvalue weighted by atomic mass is 16.6. The van der Waals surface area contributed by atoms with E-state index < -0.39 is 6.09 Å². The van der Waals surface area contributed by atoms with Gasteiger partial charge in [-0.3, -0.25) is 9.59 Å². The zero-order chi connectivity index (χ0) is 48.2. The molecule has 0 aliphatic rings. The normalized spacial score (nSPS) is 11.5. The largest absolute Gasteiger partial charge is 0.498 e. The van der Waals surface area contributed by atoms with Gasteiger partial charge in [-0.05, 0) is 77.0 Å². The van der Waals surface area contributed by atoms with E-state index in [2.05, 4.69) is 79.3 Å². The lowest BCUT2D eigenvalue weighted by Crippen LogP contribution is -2.32. The fraction of sp³-hybridized carbons (Fsp3) is 0.839. The first kappa shape index (κ1) is 65.5. The Bertz CT molecular complexity index is 1060. The van der Waals surface area contributed by atoms with Gasteiger partial charge in [0, 0.05) is 32.9 Å². The van der Waals surface area contributed by atoms with Gasteiger partial charge in [0.2, 0.25) is 0 Å². The van der Waals surface area contributed by atoms with Crippen LogP contribution >= 0.6 is 0 Å². The van der Waals surface area contributed by atoms with Crippen molar-refractivity contribution in [1.82, 2.24) is 4.90 Å². The van der Waals surface area contributed by atoms with Crippen LogP contribution in [0.15, 0.2) is 36.6 Å². The zero-order valence-corrected chi connectivity index (χ0v) is 43.9. The summed E-state index contributed by atoms with van der Waals surface area (Å²) >= 11 is 0. The molecule has 0 fully saturated rings. The van der Waals surface area contributed by atoms with Gasteiger partial charge < -0.3 is 23.8 Å². The van der Waals surface area contributed by atoms with Gasteiger partial charge in [-0.25, -0.2) is 4.79 Å². The maximum absolute atomic E-state index is 12.9. The van der Waals surface area contributed by atoms with Crippen LogP contribution in [-0.2, 0) is 28.5 Å². The van der Waals surface area contributed by atoms with Gasteiger partial charge in [0.1, 0.15) is 19.3 Å². The molecule has 0 N–H and O–H groups in total. The molecule has 8 heteroatoms. The Morgan fingerprint density at radius 2 is 0.922 bits per heavy atom. The molecule has 0 bridgehead atoms. The van der Waals surface area contributed by atoms with Crippen molar-refractivity contribution >= 4 is 18.0 Å². The van der Waals surface area contributed by atoms with Gasteiger partial charge in [-0.15, -0.1) is 0 Å².